The number of terminal acetylenes is 1. The molecule has 0 bridgehead atoms. The van der Waals surface area contributed by atoms with Crippen molar-refractivity contribution >= 4 is 46.7 Å². The first-order valence-electron chi connectivity index (χ1n) is 14.1. The van der Waals surface area contributed by atoms with Gasteiger partial charge in [-0.2, -0.15) is 9.97 Å². The number of carbonyl (C=O) groups is 5. The number of rotatable bonds is 17. The summed E-state index contributed by atoms with van der Waals surface area (Å²) in [6.45, 7) is 5.33. The number of nitrogens with two attached hydrogens (primary N) is 2. The number of aromatic nitrogens is 4. The van der Waals surface area contributed by atoms with E-state index >= 15 is 0 Å². The van der Waals surface area contributed by atoms with Crippen LogP contribution in [0.3, 0.4) is 0 Å². The third kappa shape index (κ3) is 9.44. The Hall–Kier alpha value is -5.14. The molecule has 8 N–H and O–H groups in total. The number of aliphatic carboxylic acids is 1. The van der Waals surface area contributed by atoms with Crippen molar-refractivity contribution < 1.29 is 33.8 Å². The topological polar surface area (TPSA) is 256 Å². The van der Waals surface area contributed by atoms with Crippen molar-refractivity contribution in [2.24, 2.45) is 11.7 Å². The summed E-state index contributed by atoms with van der Waals surface area (Å²) in [7, 11) is 0. The van der Waals surface area contributed by atoms with E-state index in [-0.39, 0.29) is 62.0 Å². The number of hydrogen-bond acceptors (Lipinski definition) is 10. The van der Waals surface area contributed by atoms with E-state index in [0.717, 1.165) is 15.6 Å². The van der Waals surface area contributed by atoms with Crippen LogP contribution in [0.15, 0.2) is 4.79 Å². The van der Waals surface area contributed by atoms with Gasteiger partial charge >= 0.3 is 23.7 Å². The van der Waals surface area contributed by atoms with Crippen LogP contribution >= 0.6 is 0 Å². The Labute approximate surface area is 253 Å². The second-order valence-electron chi connectivity index (χ2n) is 10.2. The molecule has 17 nitrogen and oxygen atoms in total. The van der Waals surface area contributed by atoms with Crippen LogP contribution in [0, 0.1) is 18.3 Å². The third-order valence-corrected chi connectivity index (χ3v) is 6.39. The van der Waals surface area contributed by atoms with Gasteiger partial charge in [0.25, 0.3) is 5.91 Å². The fraction of sp³-hybridized carbons (Fsp3) is 0.556. The Kier molecular flexibility index (Phi) is 13.1. The van der Waals surface area contributed by atoms with Crippen LogP contribution in [0.1, 0.15) is 64.1 Å². The van der Waals surface area contributed by atoms with E-state index in [4.69, 9.17) is 27.7 Å². The van der Waals surface area contributed by atoms with E-state index in [0.29, 0.717) is 6.42 Å². The van der Waals surface area contributed by atoms with Crippen molar-refractivity contribution in [3.63, 3.8) is 0 Å². The number of primary amides is 1. The molecule has 0 spiro atoms. The Morgan fingerprint density at radius 3 is 2.41 bits per heavy atom. The summed E-state index contributed by atoms with van der Waals surface area (Å²) in [5.41, 5.74) is 10.2. The molecule has 2 unspecified atom stereocenters. The average molecular weight is 618 g/mol. The zero-order valence-corrected chi connectivity index (χ0v) is 24.9. The smallest absolute Gasteiger partial charge is 0.338 e. The molecule has 0 saturated carbocycles. The van der Waals surface area contributed by atoms with E-state index in [1.807, 2.05) is 6.92 Å². The first-order valence-corrected chi connectivity index (χ1v) is 14.1. The summed E-state index contributed by atoms with van der Waals surface area (Å²) in [4.78, 5) is 83.5. The van der Waals surface area contributed by atoms with Crippen molar-refractivity contribution in [1.82, 2.24) is 35.1 Å². The summed E-state index contributed by atoms with van der Waals surface area (Å²) < 4.78 is 7.31. The number of amides is 4. The fourth-order valence-electron chi connectivity index (χ4n) is 4.15. The van der Waals surface area contributed by atoms with Gasteiger partial charge < -0.3 is 37.3 Å². The Balaban J connectivity index is 2.52. The number of nitrogen functional groups attached to an aromatic ring is 1. The summed E-state index contributed by atoms with van der Waals surface area (Å²) >= 11 is 0. The highest BCUT2D eigenvalue weighted by molar-refractivity contribution is 5.99. The lowest BCUT2D eigenvalue weighted by Crippen LogP contribution is -2.55. The molecule has 240 valence electrons. The van der Waals surface area contributed by atoms with Crippen LogP contribution in [-0.2, 0) is 20.9 Å². The van der Waals surface area contributed by atoms with Crippen LogP contribution in [-0.4, -0.2) is 79.2 Å². The normalized spacial score (nSPS) is 12.2. The predicted octanol–water partition coefficient (Wildman–Crippen LogP) is -0.434. The molecule has 0 aliphatic heterocycles. The highest BCUT2D eigenvalue weighted by atomic mass is 16.5. The van der Waals surface area contributed by atoms with Crippen molar-refractivity contribution in [3.05, 3.63) is 10.5 Å². The molecule has 0 fully saturated rings. The highest BCUT2D eigenvalue weighted by Crippen LogP contribution is 2.21. The average Bonchev–Trinajstić information content (AvgIpc) is 3.23. The molecule has 2 aromatic heterocycles. The monoisotopic (exact) mass is 617 g/mol. The second kappa shape index (κ2) is 16.5. The Bertz CT molecular complexity index is 1470. The zero-order chi connectivity index (χ0) is 33.0. The lowest BCUT2D eigenvalue weighted by molar-refractivity contribution is -0.139. The van der Waals surface area contributed by atoms with Crippen molar-refractivity contribution in [3.8, 4) is 18.4 Å². The molecule has 44 heavy (non-hydrogen) atoms. The molecule has 0 aliphatic carbocycles. The van der Waals surface area contributed by atoms with E-state index < -0.39 is 59.8 Å². The zero-order valence-electron chi connectivity index (χ0n) is 24.9. The van der Waals surface area contributed by atoms with Gasteiger partial charge in [-0.25, -0.2) is 14.2 Å². The molecule has 4 amide bonds. The number of unbranched alkanes of at least 4 members (excludes halogenated alkanes) is 1. The van der Waals surface area contributed by atoms with E-state index in [9.17, 15) is 28.8 Å². The number of nitrogens with zero attached hydrogens (tertiary/aromatic N) is 4. The van der Waals surface area contributed by atoms with Gasteiger partial charge in [0.2, 0.25) is 11.8 Å². The maximum atomic E-state index is 14.0. The van der Waals surface area contributed by atoms with Crippen LogP contribution in [0.4, 0.5) is 10.6 Å². The van der Waals surface area contributed by atoms with Crippen molar-refractivity contribution in [2.75, 3.05) is 18.9 Å². The van der Waals surface area contributed by atoms with Gasteiger partial charge in [-0.3, -0.25) is 23.7 Å². The summed E-state index contributed by atoms with van der Waals surface area (Å²) in [5.74, 6) is -1.90. The number of carbonyl (C=O) groups excluding carboxylic acids is 4. The molecule has 2 atom stereocenters. The van der Waals surface area contributed by atoms with Gasteiger partial charge in [-0.05, 0) is 25.2 Å². The van der Waals surface area contributed by atoms with Gasteiger partial charge in [-0.1, -0.05) is 33.1 Å². The minimum atomic E-state index is -1.36. The number of nitrogens with one attached hydrogen (secondary N) is 3. The van der Waals surface area contributed by atoms with Crippen molar-refractivity contribution in [1.29, 1.82) is 0 Å². The number of anilines is 1. The maximum absolute atomic E-state index is 14.0. The van der Waals surface area contributed by atoms with E-state index in [1.54, 1.807) is 13.8 Å². The number of imidazole rings is 1. The number of hydrogen-bond donors (Lipinski definition) is 6. The van der Waals surface area contributed by atoms with Gasteiger partial charge in [-0.15, -0.1) is 6.42 Å². The van der Waals surface area contributed by atoms with Crippen LogP contribution in [0.5, 0.6) is 6.01 Å². The molecule has 0 aromatic carbocycles. The van der Waals surface area contributed by atoms with Gasteiger partial charge in [0.1, 0.15) is 17.6 Å². The third-order valence-electron chi connectivity index (χ3n) is 6.39. The standard InChI is InChI=1S/C27H39N9O8/c1-5-7-14-44-26-33-21(28)20-22(34-26)35(13-6-2)27(43)36(20)24(41)16(9-8-12-30-25(29)42)31-23(40)19(15(3)4)32-17(37)10-11-18(38)39/h2,15-16,19H,5,7-14H2,1,3-4H3,(H,31,40)(H,32,37)(H,38,39)(H2,28,33,34)(H3,29,30,42). The van der Waals surface area contributed by atoms with Crippen LogP contribution in [0.2, 0.25) is 0 Å². The molecule has 2 aromatic rings. The fourth-order valence-corrected chi connectivity index (χ4v) is 4.15. The number of carboxylic acids is 1. The van der Waals surface area contributed by atoms with Crippen LogP contribution < -0.4 is 37.8 Å². The molecule has 0 saturated heterocycles. The lowest BCUT2D eigenvalue weighted by atomic mass is 10.0. The largest absolute Gasteiger partial charge is 0.481 e. The minimum absolute atomic E-state index is 0.0476. The molecule has 0 radical (unpaired) electrons. The van der Waals surface area contributed by atoms with E-state index in [1.165, 1.54) is 0 Å². The minimum Gasteiger partial charge on any atom is -0.481 e. The highest BCUT2D eigenvalue weighted by Gasteiger charge is 2.32. The van der Waals surface area contributed by atoms with Gasteiger partial charge in [0.15, 0.2) is 11.5 Å². The Morgan fingerprint density at radius 2 is 1.82 bits per heavy atom. The van der Waals surface area contributed by atoms with Crippen LogP contribution in [0.25, 0.3) is 11.2 Å². The van der Waals surface area contributed by atoms with Crippen molar-refractivity contribution in [2.45, 2.75) is 77.9 Å². The SMILES string of the molecule is C#CCn1c(=O)n(C(=O)C(CCCNC(N)=O)NC(=O)C(NC(=O)CCC(=O)O)C(C)C)c2c(N)nc(OCCCC)nc21. The number of carboxylic acid groups (broad SMARTS) is 1. The molecule has 17 heteroatoms. The number of ether oxygens (including phenoxy) is 1. The second-order valence-corrected chi connectivity index (χ2v) is 10.2. The molecular weight excluding hydrogens is 578 g/mol. The number of fused-ring (bicyclic) bond motifs is 1. The van der Waals surface area contributed by atoms with Gasteiger partial charge in [0.05, 0.1) is 19.6 Å². The first-order chi connectivity index (χ1) is 20.8. The molecule has 2 rings (SSSR count). The lowest BCUT2D eigenvalue weighted by Gasteiger charge is -2.25. The number of urea groups is 1. The summed E-state index contributed by atoms with van der Waals surface area (Å²) in [5, 5.41) is 16.3. The first kappa shape index (κ1) is 35.1. The Morgan fingerprint density at radius 1 is 1.11 bits per heavy atom. The maximum Gasteiger partial charge on any atom is 0.338 e. The van der Waals surface area contributed by atoms with Gasteiger partial charge in [0, 0.05) is 13.0 Å². The molecular formula is C27H39N9O8. The molecule has 0 aliphatic rings. The quantitative estimate of drug-likeness (QED) is 0.0980. The molecule has 2 heterocycles. The summed E-state index contributed by atoms with van der Waals surface area (Å²) in [6, 6.07) is -3.42. The predicted molar refractivity (Wildman–Crippen MR) is 158 cm³/mol. The summed E-state index contributed by atoms with van der Waals surface area (Å²) in [6.07, 6.45) is 6.30. The van der Waals surface area contributed by atoms with E-state index in [2.05, 4.69) is 31.8 Å².